The molecule has 0 aliphatic carbocycles. The van der Waals surface area contributed by atoms with Crippen LogP contribution in [0.2, 0.25) is 0 Å². The fourth-order valence-corrected chi connectivity index (χ4v) is 4.78. The van der Waals surface area contributed by atoms with Gasteiger partial charge in [0.15, 0.2) is 10.8 Å². The number of cyclic esters (lactones) is 1. The van der Waals surface area contributed by atoms with Crippen LogP contribution >= 0.6 is 23.1 Å². The van der Waals surface area contributed by atoms with E-state index in [1.807, 2.05) is 0 Å². The maximum Gasteiger partial charge on any atom is 0.355 e. The molecule has 3 N–H and O–H groups in total. The number of oxime groups is 1. The van der Waals surface area contributed by atoms with Gasteiger partial charge in [-0.2, -0.15) is 0 Å². The van der Waals surface area contributed by atoms with Gasteiger partial charge in [0, 0.05) is 16.7 Å². The monoisotopic (exact) mass is 395 g/mol. The molecule has 0 bridgehead atoms. The van der Waals surface area contributed by atoms with Gasteiger partial charge in [0.25, 0.3) is 11.8 Å². The highest BCUT2D eigenvalue weighted by molar-refractivity contribution is 8.00. The topological polar surface area (TPSA) is 136 Å². The number of nitrogens with one attached hydrogen (secondary N) is 1. The standard InChI is InChI=1S/C14H13N5O5S2/c1-23-18-7(6-4-26-14(15)16-6)10(20)17-8-11(21)19-9-5(2-24-13(9)22)3-25-12(8)19/h4,8,12H,2-3H2,1H3,(H2,15,16)(H,17,20)/b18-7+/t8-,12+/m1/s1. The summed E-state index contributed by atoms with van der Waals surface area (Å²) in [6, 6.07) is -0.770. The molecular formula is C14H13N5O5S2. The van der Waals surface area contributed by atoms with Crippen LogP contribution in [-0.4, -0.2) is 64.3 Å². The summed E-state index contributed by atoms with van der Waals surface area (Å²) in [5.41, 5.74) is 6.88. The number of nitrogens with zero attached hydrogens (tertiary/aromatic N) is 3. The number of amides is 2. The Hall–Kier alpha value is -2.60. The molecule has 2 amide bonds. The maximum absolute atomic E-state index is 12.6. The van der Waals surface area contributed by atoms with Crippen molar-refractivity contribution < 1.29 is 24.0 Å². The van der Waals surface area contributed by atoms with E-state index in [-0.39, 0.29) is 34.4 Å². The fraction of sp³-hybridized carbons (Fsp3) is 0.357. The minimum absolute atomic E-state index is 0.0762. The summed E-state index contributed by atoms with van der Waals surface area (Å²) in [5.74, 6) is -0.896. The number of esters is 1. The van der Waals surface area contributed by atoms with Crippen LogP contribution in [0.15, 0.2) is 21.8 Å². The average Bonchev–Trinajstić information content (AvgIpc) is 3.22. The van der Waals surface area contributed by atoms with Gasteiger partial charge in [0.1, 0.15) is 36.5 Å². The third-order valence-electron chi connectivity index (χ3n) is 4.07. The summed E-state index contributed by atoms with van der Waals surface area (Å²) in [4.78, 5) is 47.0. The predicted octanol–water partition coefficient (Wildman–Crippen LogP) is -0.713. The van der Waals surface area contributed by atoms with Crippen LogP contribution in [0.25, 0.3) is 0 Å². The van der Waals surface area contributed by atoms with Gasteiger partial charge in [-0.15, -0.1) is 23.1 Å². The van der Waals surface area contributed by atoms with Crippen molar-refractivity contribution in [2.75, 3.05) is 25.2 Å². The Labute approximate surface area is 155 Å². The van der Waals surface area contributed by atoms with Crippen molar-refractivity contribution in [1.82, 2.24) is 15.2 Å². The van der Waals surface area contributed by atoms with Gasteiger partial charge in [-0.3, -0.25) is 14.5 Å². The summed E-state index contributed by atoms with van der Waals surface area (Å²) in [6.45, 7) is 0.213. The number of hydrogen-bond donors (Lipinski definition) is 2. The molecule has 3 aliphatic heterocycles. The lowest BCUT2D eigenvalue weighted by molar-refractivity contribution is -0.150. The molecule has 10 nitrogen and oxygen atoms in total. The summed E-state index contributed by atoms with van der Waals surface area (Å²) < 4.78 is 4.99. The van der Waals surface area contributed by atoms with Gasteiger partial charge >= 0.3 is 5.97 Å². The van der Waals surface area contributed by atoms with Gasteiger partial charge in [0.2, 0.25) is 0 Å². The minimum Gasteiger partial charge on any atom is -0.456 e. The van der Waals surface area contributed by atoms with E-state index in [4.69, 9.17) is 15.3 Å². The van der Waals surface area contributed by atoms with Crippen LogP contribution in [0.4, 0.5) is 5.13 Å². The lowest BCUT2D eigenvalue weighted by Crippen LogP contribution is -2.70. The second kappa shape index (κ2) is 6.29. The molecule has 1 aromatic heterocycles. The van der Waals surface area contributed by atoms with Crippen molar-refractivity contribution in [2.45, 2.75) is 11.4 Å². The van der Waals surface area contributed by atoms with Crippen LogP contribution in [0, 0.1) is 0 Å². The number of carbonyl (C=O) groups excluding carboxylic acids is 3. The molecule has 4 rings (SSSR count). The van der Waals surface area contributed by atoms with Crippen molar-refractivity contribution in [3.8, 4) is 0 Å². The summed E-state index contributed by atoms with van der Waals surface area (Å²) in [7, 11) is 1.30. The van der Waals surface area contributed by atoms with Crippen molar-refractivity contribution in [2.24, 2.45) is 5.16 Å². The van der Waals surface area contributed by atoms with E-state index in [2.05, 4.69) is 15.5 Å². The first kappa shape index (κ1) is 16.8. The second-order valence-corrected chi connectivity index (χ2v) is 7.58. The first-order valence-electron chi connectivity index (χ1n) is 7.48. The van der Waals surface area contributed by atoms with Gasteiger partial charge in [0.05, 0.1) is 0 Å². The number of β-lactam (4-membered cyclic amide) rings is 1. The van der Waals surface area contributed by atoms with E-state index >= 15 is 0 Å². The number of rotatable bonds is 4. The average molecular weight is 395 g/mol. The smallest absolute Gasteiger partial charge is 0.355 e. The SMILES string of the molecule is CO/N=C(/C(=O)N[C@@H]1C(=O)N2C3=C(COC3=O)CS[C@@H]12)c1csc(N)n1. The number of hydrogen-bond acceptors (Lipinski definition) is 10. The maximum atomic E-state index is 12.6. The Morgan fingerprint density at radius 3 is 3.04 bits per heavy atom. The second-order valence-electron chi connectivity index (χ2n) is 5.58. The number of ether oxygens (including phenoxy) is 1. The van der Waals surface area contributed by atoms with Crippen LogP contribution in [-0.2, 0) is 24.0 Å². The molecule has 1 fully saturated rings. The molecule has 0 radical (unpaired) electrons. The highest BCUT2D eigenvalue weighted by Gasteiger charge is 2.55. The van der Waals surface area contributed by atoms with Crippen LogP contribution < -0.4 is 11.1 Å². The third kappa shape index (κ3) is 2.52. The number of thioether (sulfide) groups is 1. The number of anilines is 1. The Balaban J connectivity index is 1.51. The van der Waals surface area contributed by atoms with E-state index in [1.54, 1.807) is 5.38 Å². The molecule has 1 aromatic rings. The fourth-order valence-electron chi connectivity index (χ4n) is 2.91. The Morgan fingerprint density at radius 2 is 2.35 bits per heavy atom. The van der Waals surface area contributed by atoms with Gasteiger partial charge < -0.3 is 20.6 Å². The van der Waals surface area contributed by atoms with Crippen molar-refractivity contribution in [1.29, 1.82) is 0 Å². The molecular weight excluding hydrogens is 382 g/mol. The van der Waals surface area contributed by atoms with Crippen molar-refractivity contribution in [3.63, 3.8) is 0 Å². The molecule has 12 heteroatoms. The molecule has 4 heterocycles. The zero-order valence-electron chi connectivity index (χ0n) is 13.4. The third-order valence-corrected chi connectivity index (χ3v) is 6.08. The lowest BCUT2D eigenvalue weighted by atomic mass is 10.0. The van der Waals surface area contributed by atoms with E-state index < -0.39 is 17.9 Å². The van der Waals surface area contributed by atoms with Gasteiger partial charge in [-0.05, 0) is 0 Å². The summed E-state index contributed by atoms with van der Waals surface area (Å²) in [6.07, 6.45) is 0. The number of fused-ring (bicyclic) bond motifs is 2. The molecule has 0 aromatic carbocycles. The molecule has 2 atom stereocenters. The Bertz CT molecular complexity index is 879. The number of nitrogens with two attached hydrogens (primary N) is 1. The van der Waals surface area contributed by atoms with Crippen LogP contribution in [0.1, 0.15) is 5.69 Å². The highest BCUT2D eigenvalue weighted by Crippen LogP contribution is 2.42. The number of aromatic nitrogens is 1. The lowest BCUT2D eigenvalue weighted by Gasteiger charge is -2.48. The first-order valence-corrected chi connectivity index (χ1v) is 9.41. The van der Waals surface area contributed by atoms with Crippen LogP contribution in [0.5, 0.6) is 0 Å². The molecule has 1 saturated heterocycles. The highest BCUT2D eigenvalue weighted by atomic mass is 32.2. The minimum atomic E-state index is -0.770. The van der Waals surface area contributed by atoms with Gasteiger partial charge in [-0.1, -0.05) is 5.16 Å². The summed E-state index contributed by atoms with van der Waals surface area (Å²) in [5, 5.41) is 7.82. The van der Waals surface area contributed by atoms with E-state index in [0.717, 1.165) is 16.9 Å². The summed E-state index contributed by atoms with van der Waals surface area (Å²) >= 11 is 2.62. The Kier molecular flexibility index (Phi) is 4.07. The first-order chi connectivity index (χ1) is 12.5. The van der Waals surface area contributed by atoms with E-state index in [1.165, 1.54) is 23.8 Å². The number of carbonyl (C=O) groups is 3. The van der Waals surface area contributed by atoms with Crippen molar-refractivity contribution >= 4 is 51.7 Å². The normalized spacial score (nSPS) is 24.7. The Morgan fingerprint density at radius 1 is 1.54 bits per heavy atom. The predicted molar refractivity (Wildman–Crippen MR) is 93.1 cm³/mol. The van der Waals surface area contributed by atoms with Crippen LogP contribution in [0.3, 0.4) is 0 Å². The van der Waals surface area contributed by atoms with Gasteiger partial charge in [-0.25, -0.2) is 9.78 Å². The molecule has 136 valence electrons. The van der Waals surface area contributed by atoms with E-state index in [9.17, 15) is 14.4 Å². The molecule has 26 heavy (non-hydrogen) atoms. The zero-order valence-corrected chi connectivity index (χ0v) is 15.1. The molecule has 0 saturated carbocycles. The molecule has 0 spiro atoms. The van der Waals surface area contributed by atoms with E-state index in [0.29, 0.717) is 11.4 Å². The number of nitrogen functional groups attached to an aromatic ring is 1. The number of thiazole rings is 1. The zero-order chi connectivity index (χ0) is 18.4. The molecule has 3 aliphatic rings. The largest absolute Gasteiger partial charge is 0.456 e. The van der Waals surface area contributed by atoms with Crippen molar-refractivity contribution in [3.05, 3.63) is 22.3 Å². The molecule has 0 unspecified atom stereocenters. The quantitative estimate of drug-likeness (QED) is 0.295.